The van der Waals surface area contributed by atoms with Crippen molar-refractivity contribution in [3.05, 3.63) is 71.0 Å². The maximum absolute atomic E-state index is 10.3. The van der Waals surface area contributed by atoms with E-state index >= 15 is 0 Å². The number of aromatic amines is 1. The highest BCUT2D eigenvalue weighted by Crippen LogP contribution is 2.29. The van der Waals surface area contributed by atoms with E-state index in [2.05, 4.69) is 15.3 Å². The predicted molar refractivity (Wildman–Crippen MR) is 113 cm³/mol. The summed E-state index contributed by atoms with van der Waals surface area (Å²) in [6.07, 6.45) is 1.59. The third kappa shape index (κ3) is 3.27. The lowest BCUT2D eigenvalue weighted by Crippen LogP contribution is -1.99. The summed E-state index contributed by atoms with van der Waals surface area (Å²) >= 11 is 5.35. The van der Waals surface area contributed by atoms with Gasteiger partial charge in [0.15, 0.2) is 5.82 Å². The molecular weight excluding hydrogens is 372 g/mol. The van der Waals surface area contributed by atoms with Crippen molar-refractivity contribution in [2.24, 2.45) is 5.10 Å². The van der Waals surface area contributed by atoms with E-state index in [9.17, 15) is 5.11 Å². The van der Waals surface area contributed by atoms with Crippen LogP contribution in [0.3, 0.4) is 0 Å². The molecule has 2 N–H and O–H groups in total. The number of nitrogens with one attached hydrogen (secondary N) is 1. The van der Waals surface area contributed by atoms with E-state index in [1.807, 2.05) is 61.5 Å². The number of phenolic OH excluding ortho intramolecular Hbond substituents is 1. The van der Waals surface area contributed by atoms with Gasteiger partial charge in [-0.25, -0.2) is 5.10 Å². The Morgan fingerprint density at radius 2 is 1.93 bits per heavy atom. The Morgan fingerprint density at radius 3 is 2.79 bits per heavy atom. The van der Waals surface area contributed by atoms with E-state index in [1.165, 1.54) is 4.68 Å². The molecule has 28 heavy (non-hydrogen) atoms. The topological polar surface area (TPSA) is 75.4 Å². The van der Waals surface area contributed by atoms with Crippen LogP contribution in [-0.2, 0) is 0 Å². The van der Waals surface area contributed by atoms with Gasteiger partial charge in [0.2, 0.25) is 4.77 Å². The molecule has 0 bridgehead atoms. The number of fused-ring (bicyclic) bond motifs is 1. The predicted octanol–water partition coefficient (Wildman–Crippen LogP) is 4.75. The normalized spacial score (nSPS) is 11.3. The molecule has 0 atom stereocenters. The first-order valence-corrected chi connectivity index (χ1v) is 9.24. The van der Waals surface area contributed by atoms with Gasteiger partial charge in [-0.1, -0.05) is 42.5 Å². The van der Waals surface area contributed by atoms with Crippen molar-refractivity contribution in [2.75, 3.05) is 6.61 Å². The van der Waals surface area contributed by atoms with Crippen LogP contribution in [0.4, 0.5) is 0 Å². The SMILES string of the molecule is CCOc1ccccc1-c1n[nH]c(=S)n1/N=C/c1c(O)ccc2ccccc12. The van der Waals surface area contributed by atoms with Crippen LogP contribution < -0.4 is 4.74 Å². The first-order valence-electron chi connectivity index (χ1n) is 8.83. The van der Waals surface area contributed by atoms with E-state index < -0.39 is 0 Å². The van der Waals surface area contributed by atoms with E-state index in [0.717, 1.165) is 16.3 Å². The monoisotopic (exact) mass is 390 g/mol. The Labute approximate surface area is 166 Å². The van der Waals surface area contributed by atoms with Gasteiger partial charge in [-0.15, -0.1) is 0 Å². The average molecular weight is 390 g/mol. The molecule has 0 aliphatic carbocycles. The molecule has 0 fully saturated rings. The summed E-state index contributed by atoms with van der Waals surface area (Å²) in [5.41, 5.74) is 1.39. The highest BCUT2D eigenvalue weighted by atomic mass is 32.1. The van der Waals surface area contributed by atoms with Crippen LogP contribution in [0.15, 0.2) is 65.8 Å². The van der Waals surface area contributed by atoms with E-state index in [4.69, 9.17) is 17.0 Å². The summed E-state index contributed by atoms with van der Waals surface area (Å²) in [6.45, 7) is 2.46. The second-order valence-corrected chi connectivity index (χ2v) is 6.44. The molecule has 3 aromatic carbocycles. The molecule has 0 aliphatic heterocycles. The summed E-state index contributed by atoms with van der Waals surface area (Å²) in [6, 6.07) is 18.9. The van der Waals surface area contributed by atoms with Crippen molar-refractivity contribution in [3.8, 4) is 22.9 Å². The van der Waals surface area contributed by atoms with Gasteiger partial charge in [0, 0.05) is 5.56 Å². The zero-order chi connectivity index (χ0) is 19.5. The van der Waals surface area contributed by atoms with Crippen LogP contribution >= 0.6 is 12.2 Å². The van der Waals surface area contributed by atoms with Crippen molar-refractivity contribution in [1.29, 1.82) is 0 Å². The molecule has 0 unspecified atom stereocenters. The van der Waals surface area contributed by atoms with Crippen LogP contribution in [0.5, 0.6) is 11.5 Å². The number of phenols is 1. The fourth-order valence-electron chi connectivity index (χ4n) is 3.04. The lowest BCUT2D eigenvalue weighted by Gasteiger charge is -2.09. The smallest absolute Gasteiger partial charge is 0.216 e. The van der Waals surface area contributed by atoms with Crippen LogP contribution in [0, 0.1) is 4.77 Å². The maximum atomic E-state index is 10.3. The lowest BCUT2D eigenvalue weighted by molar-refractivity contribution is 0.341. The molecule has 7 heteroatoms. The average Bonchev–Trinajstić information content (AvgIpc) is 3.08. The number of hydrogen-bond acceptors (Lipinski definition) is 5. The second kappa shape index (κ2) is 7.66. The van der Waals surface area contributed by atoms with E-state index in [1.54, 1.807) is 12.3 Å². The molecule has 4 rings (SSSR count). The lowest BCUT2D eigenvalue weighted by atomic mass is 10.0. The summed E-state index contributed by atoms with van der Waals surface area (Å²) in [7, 11) is 0. The quantitative estimate of drug-likeness (QED) is 0.381. The molecule has 1 aromatic heterocycles. The molecule has 0 saturated carbocycles. The molecule has 140 valence electrons. The molecule has 1 heterocycles. The van der Waals surface area contributed by atoms with Gasteiger partial charge in [0.1, 0.15) is 11.5 Å². The molecule has 0 spiro atoms. The Morgan fingerprint density at radius 1 is 1.14 bits per heavy atom. The number of H-pyrrole nitrogens is 1. The minimum Gasteiger partial charge on any atom is -0.507 e. The summed E-state index contributed by atoms with van der Waals surface area (Å²) in [4.78, 5) is 0. The zero-order valence-electron chi connectivity index (χ0n) is 15.2. The Bertz CT molecular complexity index is 1230. The van der Waals surface area contributed by atoms with Gasteiger partial charge < -0.3 is 9.84 Å². The first-order chi connectivity index (χ1) is 13.7. The van der Waals surface area contributed by atoms with Gasteiger partial charge in [0.25, 0.3) is 0 Å². The number of nitrogens with zero attached hydrogens (tertiary/aromatic N) is 3. The molecule has 0 radical (unpaired) electrons. The zero-order valence-corrected chi connectivity index (χ0v) is 16.0. The number of ether oxygens (including phenoxy) is 1. The van der Waals surface area contributed by atoms with Gasteiger partial charge in [-0.3, -0.25) is 0 Å². The number of rotatable bonds is 5. The van der Waals surface area contributed by atoms with E-state index in [0.29, 0.717) is 28.5 Å². The van der Waals surface area contributed by atoms with Crippen molar-refractivity contribution >= 4 is 29.2 Å². The molecule has 0 saturated heterocycles. The summed E-state index contributed by atoms with van der Waals surface area (Å²) < 4.78 is 7.57. The largest absolute Gasteiger partial charge is 0.507 e. The fourth-order valence-corrected chi connectivity index (χ4v) is 3.22. The standard InChI is InChI=1S/C21H18N4O2S/c1-2-27-19-10-6-5-9-16(19)20-23-24-21(28)25(20)22-13-17-15-8-4-3-7-14(15)11-12-18(17)26/h3-13,26H,2H2,1H3,(H,24,28)/b22-13+. The van der Waals surface area contributed by atoms with Gasteiger partial charge >= 0.3 is 0 Å². The van der Waals surface area contributed by atoms with E-state index in [-0.39, 0.29) is 5.75 Å². The molecule has 0 aliphatic rings. The number of para-hydroxylation sites is 1. The van der Waals surface area contributed by atoms with Crippen molar-refractivity contribution in [1.82, 2.24) is 14.9 Å². The number of hydrogen-bond donors (Lipinski definition) is 2. The molecule has 0 amide bonds. The molecular formula is C21H18N4O2S. The van der Waals surface area contributed by atoms with Crippen molar-refractivity contribution in [3.63, 3.8) is 0 Å². The third-order valence-corrected chi connectivity index (χ3v) is 4.59. The highest BCUT2D eigenvalue weighted by molar-refractivity contribution is 7.71. The summed E-state index contributed by atoms with van der Waals surface area (Å²) in [5.74, 6) is 1.38. The third-order valence-electron chi connectivity index (χ3n) is 4.33. The van der Waals surface area contributed by atoms with Crippen LogP contribution in [0.1, 0.15) is 12.5 Å². The number of benzene rings is 3. The minimum atomic E-state index is 0.147. The fraction of sp³-hybridized carbons (Fsp3) is 0.0952. The Kier molecular flexibility index (Phi) is 4.90. The van der Waals surface area contributed by atoms with Crippen LogP contribution in [-0.4, -0.2) is 32.8 Å². The van der Waals surface area contributed by atoms with Crippen LogP contribution in [0.25, 0.3) is 22.2 Å². The number of aromatic nitrogens is 3. The van der Waals surface area contributed by atoms with Crippen molar-refractivity contribution < 1.29 is 9.84 Å². The van der Waals surface area contributed by atoms with Crippen LogP contribution in [0.2, 0.25) is 0 Å². The van der Waals surface area contributed by atoms with Gasteiger partial charge in [-0.2, -0.15) is 14.9 Å². The Balaban J connectivity index is 1.83. The molecule has 4 aromatic rings. The Hall–Kier alpha value is -3.45. The summed E-state index contributed by atoms with van der Waals surface area (Å²) in [5, 5.41) is 23.8. The molecule has 6 nitrogen and oxygen atoms in total. The minimum absolute atomic E-state index is 0.147. The maximum Gasteiger partial charge on any atom is 0.216 e. The van der Waals surface area contributed by atoms with Crippen molar-refractivity contribution in [2.45, 2.75) is 6.92 Å². The second-order valence-electron chi connectivity index (χ2n) is 6.06. The highest BCUT2D eigenvalue weighted by Gasteiger charge is 2.13. The van der Waals surface area contributed by atoms with Gasteiger partial charge in [-0.05, 0) is 48.1 Å². The number of aromatic hydroxyl groups is 1. The van der Waals surface area contributed by atoms with Gasteiger partial charge in [0.05, 0.1) is 18.4 Å². The first kappa shape index (κ1) is 17.9.